The van der Waals surface area contributed by atoms with Gasteiger partial charge in [0.2, 0.25) is 5.69 Å². The van der Waals surface area contributed by atoms with Crippen LogP contribution in [0.1, 0.15) is 29.4 Å². The molecule has 70 valence electrons. The number of nitrogen functional groups attached to an aromatic ring is 1. The van der Waals surface area contributed by atoms with E-state index in [9.17, 15) is 9.90 Å². The largest absolute Gasteiger partial charge is 0.503 e. The summed E-state index contributed by atoms with van der Waals surface area (Å²) in [4.78, 5) is 10.5. The van der Waals surface area contributed by atoms with E-state index >= 15 is 0 Å². The number of rotatable bonds is 2. The Morgan fingerprint density at radius 3 is 2.62 bits per heavy atom. The van der Waals surface area contributed by atoms with Crippen molar-refractivity contribution < 1.29 is 15.0 Å². The number of anilines is 1. The fourth-order valence-electron chi connectivity index (χ4n) is 1.18. The van der Waals surface area contributed by atoms with Crippen LogP contribution in [0.2, 0.25) is 0 Å². The SMILES string of the molecule is Nc1c(O)c(C(=O)O)nn1C1CC1. The smallest absolute Gasteiger partial charge is 0.360 e. The highest BCUT2D eigenvalue weighted by molar-refractivity contribution is 5.90. The monoisotopic (exact) mass is 183 g/mol. The third kappa shape index (κ3) is 1.10. The maximum atomic E-state index is 10.5. The molecule has 2 rings (SSSR count). The molecule has 0 aromatic carbocycles. The first-order valence-electron chi connectivity index (χ1n) is 3.91. The average Bonchev–Trinajstić information content (AvgIpc) is 2.83. The van der Waals surface area contributed by atoms with E-state index in [1.165, 1.54) is 4.68 Å². The number of aromatic carboxylic acids is 1. The molecule has 13 heavy (non-hydrogen) atoms. The lowest BCUT2D eigenvalue weighted by Gasteiger charge is -1.97. The molecule has 1 heterocycles. The molecular formula is C7H9N3O3. The van der Waals surface area contributed by atoms with Crippen LogP contribution in [0.5, 0.6) is 5.75 Å². The van der Waals surface area contributed by atoms with Crippen LogP contribution in [0.4, 0.5) is 5.82 Å². The van der Waals surface area contributed by atoms with E-state index in [0.717, 1.165) is 12.8 Å². The van der Waals surface area contributed by atoms with Crippen LogP contribution in [0, 0.1) is 0 Å². The summed E-state index contributed by atoms with van der Waals surface area (Å²) in [5.74, 6) is -1.65. The molecule has 0 spiro atoms. The summed E-state index contributed by atoms with van der Waals surface area (Å²) in [5, 5.41) is 21.6. The van der Waals surface area contributed by atoms with E-state index in [1.54, 1.807) is 0 Å². The van der Waals surface area contributed by atoms with Crippen molar-refractivity contribution in [2.75, 3.05) is 5.73 Å². The Balaban J connectivity index is 2.48. The van der Waals surface area contributed by atoms with Crippen LogP contribution in [-0.2, 0) is 0 Å². The van der Waals surface area contributed by atoms with Gasteiger partial charge in [-0.3, -0.25) is 0 Å². The molecular weight excluding hydrogens is 174 g/mol. The van der Waals surface area contributed by atoms with Gasteiger partial charge in [0.25, 0.3) is 0 Å². The Kier molecular flexibility index (Phi) is 1.45. The van der Waals surface area contributed by atoms with Crippen LogP contribution < -0.4 is 5.73 Å². The van der Waals surface area contributed by atoms with Crippen LogP contribution in [0.3, 0.4) is 0 Å². The Bertz CT molecular complexity index is 367. The number of carboxylic acid groups (broad SMARTS) is 1. The standard InChI is InChI=1S/C7H9N3O3/c8-6-5(11)4(7(12)13)9-10(6)3-1-2-3/h3,11H,1-2,8H2,(H,12,13). The highest BCUT2D eigenvalue weighted by Crippen LogP contribution is 2.39. The van der Waals surface area contributed by atoms with E-state index in [0.29, 0.717) is 0 Å². The highest BCUT2D eigenvalue weighted by Gasteiger charge is 2.30. The van der Waals surface area contributed by atoms with E-state index < -0.39 is 11.7 Å². The van der Waals surface area contributed by atoms with Gasteiger partial charge < -0.3 is 15.9 Å². The predicted octanol–water partition coefficient (Wildman–Crippen LogP) is 0.204. The molecule has 0 saturated heterocycles. The number of aromatic nitrogens is 2. The molecule has 0 unspecified atom stereocenters. The van der Waals surface area contributed by atoms with Crippen molar-refractivity contribution in [2.24, 2.45) is 0 Å². The Morgan fingerprint density at radius 2 is 2.23 bits per heavy atom. The number of aromatic hydroxyl groups is 1. The molecule has 1 aliphatic rings. The van der Waals surface area contributed by atoms with Crippen LogP contribution >= 0.6 is 0 Å². The minimum Gasteiger partial charge on any atom is -0.503 e. The van der Waals surface area contributed by atoms with Gasteiger partial charge in [0.05, 0.1) is 6.04 Å². The van der Waals surface area contributed by atoms with E-state index in [2.05, 4.69) is 5.10 Å². The summed E-state index contributed by atoms with van der Waals surface area (Å²) in [6.45, 7) is 0. The molecule has 0 atom stereocenters. The maximum absolute atomic E-state index is 10.5. The highest BCUT2D eigenvalue weighted by atomic mass is 16.4. The first-order chi connectivity index (χ1) is 6.11. The van der Waals surface area contributed by atoms with Crippen LogP contribution in [-0.4, -0.2) is 26.0 Å². The fourth-order valence-corrected chi connectivity index (χ4v) is 1.18. The Morgan fingerprint density at radius 1 is 1.62 bits per heavy atom. The van der Waals surface area contributed by atoms with Crippen molar-refractivity contribution >= 4 is 11.8 Å². The second-order valence-corrected chi connectivity index (χ2v) is 3.06. The van der Waals surface area contributed by atoms with E-state index in [1.807, 2.05) is 0 Å². The quantitative estimate of drug-likeness (QED) is 0.608. The van der Waals surface area contributed by atoms with Crippen molar-refractivity contribution in [1.82, 2.24) is 9.78 Å². The van der Waals surface area contributed by atoms with Gasteiger partial charge in [-0.25, -0.2) is 9.48 Å². The minimum atomic E-state index is -1.26. The maximum Gasteiger partial charge on any atom is 0.360 e. The second kappa shape index (κ2) is 2.38. The first-order valence-corrected chi connectivity index (χ1v) is 3.91. The summed E-state index contributed by atoms with van der Waals surface area (Å²) in [6.07, 6.45) is 1.87. The van der Waals surface area contributed by atoms with Crippen molar-refractivity contribution in [3.63, 3.8) is 0 Å². The van der Waals surface area contributed by atoms with Crippen molar-refractivity contribution in [2.45, 2.75) is 18.9 Å². The van der Waals surface area contributed by atoms with Crippen molar-refractivity contribution in [3.8, 4) is 5.75 Å². The number of hydrogen-bond acceptors (Lipinski definition) is 4. The van der Waals surface area contributed by atoms with Gasteiger partial charge in [-0.05, 0) is 12.8 Å². The first kappa shape index (κ1) is 7.90. The predicted molar refractivity (Wildman–Crippen MR) is 43.5 cm³/mol. The number of carboxylic acids is 1. The van der Waals surface area contributed by atoms with Gasteiger partial charge in [-0.2, -0.15) is 5.10 Å². The summed E-state index contributed by atoms with van der Waals surface area (Å²) >= 11 is 0. The third-order valence-corrected chi connectivity index (χ3v) is 2.02. The normalized spacial score (nSPS) is 16.0. The number of carbonyl (C=O) groups is 1. The van der Waals surface area contributed by atoms with Crippen molar-refractivity contribution in [3.05, 3.63) is 5.69 Å². The van der Waals surface area contributed by atoms with Gasteiger partial charge in [0.15, 0.2) is 11.6 Å². The zero-order valence-corrected chi connectivity index (χ0v) is 6.77. The molecule has 0 bridgehead atoms. The topological polar surface area (TPSA) is 101 Å². The lowest BCUT2D eigenvalue weighted by molar-refractivity contribution is 0.0686. The number of hydrogen-bond donors (Lipinski definition) is 3. The van der Waals surface area contributed by atoms with Crippen LogP contribution in [0.25, 0.3) is 0 Å². The lowest BCUT2D eigenvalue weighted by atomic mass is 10.4. The van der Waals surface area contributed by atoms with Gasteiger partial charge in [0, 0.05) is 0 Å². The number of nitrogens with zero attached hydrogens (tertiary/aromatic N) is 2. The Labute approximate surface area is 73.6 Å². The van der Waals surface area contributed by atoms with Gasteiger partial charge in [-0.15, -0.1) is 0 Å². The number of nitrogens with two attached hydrogens (primary N) is 1. The molecule has 6 nitrogen and oxygen atoms in total. The zero-order chi connectivity index (χ0) is 9.59. The summed E-state index contributed by atoms with van der Waals surface area (Å²) in [7, 11) is 0. The molecule has 6 heteroatoms. The summed E-state index contributed by atoms with van der Waals surface area (Å²) < 4.78 is 1.37. The average molecular weight is 183 g/mol. The molecule has 0 amide bonds. The van der Waals surface area contributed by atoms with Gasteiger partial charge in [-0.1, -0.05) is 0 Å². The molecule has 1 fully saturated rings. The molecule has 1 aliphatic carbocycles. The molecule has 1 aromatic heterocycles. The summed E-state index contributed by atoms with van der Waals surface area (Å²) in [6, 6.07) is 0.166. The lowest BCUT2D eigenvalue weighted by Crippen LogP contribution is -2.03. The van der Waals surface area contributed by atoms with E-state index in [-0.39, 0.29) is 17.6 Å². The fraction of sp³-hybridized carbons (Fsp3) is 0.429. The minimum absolute atomic E-state index is 0.0416. The molecule has 4 N–H and O–H groups in total. The summed E-state index contributed by atoms with van der Waals surface area (Å²) in [5.41, 5.74) is 5.10. The Hall–Kier alpha value is -1.72. The van der Waals surface area contributed by atoms with Crippen LogP contribution in [0.15, 0.2) is 0 Å². The van der Waals surface area contributed by atoms with Gasteiger partial charge >= 0.3 is 5.97 Å². The van der Waals surface area contributed by atoms with E-state index in [4.69, 9.17) is 10.8 Å². The molecule has 1 saturated carbocycles. The molecule has 1 aromatic rings. The third-order valence-electron chi connectivity index (χ3n) is 2.02. The molecule has 0 aliphatic heterocycles. The zero-order valence-electron chi connectivity index (χ0n) is 6.77. The molecule has 0 radical (unpaired) electrons. The van der Waals surface area contributed by atoms with Gasteiger partial charge in [0.1, 0.15) is 0 Å². The van der Waals surface area contributed by atoms with Crippen molar-refractivity contribution in [1.29, 1.82) is 0 Å². The second-order valence-electron chi connectivity index (χ2n) is 3.06.